The van der Waals surface area contributed by atoms with Crippen LogP contribution in [-0.2, 0) is 14.4 Å². The molecule has 0 aromatic carbocycles. The zero-order valence-electron chi connectivity index (χ0n) is 15.5. The average molecular weight is 340 g/mol. The van der Waals surface area contributed by atoms with Crippen LogP contribution in [0.2, 0.25) is 0 Å². The third-order valence-corrected chi connectivity index (χ3v) is 3.18. The van der Waals surface area contributed by atoms with E-state index in [4.69, 9.17) is 5.73 Å². The Morgan fingerprint density at radius 2 is 1.88 bits per heavy atom. The van der Waals surface area contributed by atoms with Crippen molar-refractivity contribution in [3.8, 4) is 0 Å². The van der Waals surface area contributed by atoms with E-state index < -0.39 is 12.1 Å². The molecule has 0 rings (SSSR count). The molecule has 0 fully saturated rings. The number of carbonyl (C=O) groups excluding carboxylic acids is 3. The third-order valence-electron chi connectivity index (χ3n) is 3.18. The normalized spacial score (nSPS) is 13.2. The van der Waals surface area contributed by atoms with Crippen LogP contribution in [0.5, 0.6) is 0 Å². The van der Waals surface area contributed by atoms with Gasteiger partial charge in [0, 0.05) is 6.54 Å². The third kappa shape index (κ3) is 12.4. The minimum absolute atomic E-state index is 0.0191. The van der Waals surface area contributed by atoms with Gasteiger partial charge in [0.2, 0.25) is 12.3 Å². The summed E-state index contributed by atoms with van der Waals surface area (Å²) < 4.78 is 0. The van der Waals surface area contributed by atoms with E-state index in [1.807, 2.05) is 13.8 Å². The second-order valence-electron chi connectivity index (χ2n) is 5.71. The van der Waals surface area contributed by atoms with Crippen molar-refractivity contribution in [2.24, 2.45) is 16.6 Å². The molecule has 0 heterocycles. The van der Waals surface area contributed by atoms with Crippen molar-refractivity contribution < 1.29 is 14.4 Å². The Labute approximate surface area is 145 Å². The molecule has 0 aromatic rings. The number of aliphatic imine (C=N–C) groups is 1. The Morgan fingerprint density at radius 3 is 2.25 bits per heavy atom. The topological polar surface area (TPSA) is 114 Å². The number of hydrogen-bond acceptors (Lipinski definition) is 4. The molecule has 0 aliphatic rings. The summed E-state index contributed by atoms with van der Waals surface area (Å²) in [5.41, 5.74) is 5.35. The van der Waals surface area contributed by atoms with E-state index in [0.29, 0.717) is 12.2 Å². The molecule has 0 radical (unpaired) electrons. The molecular weight excluding hydrogens is 308 g/mol. The van der Waals surface area contributed by atoms with Gasteiger partial charge in [-0.05, 0) is 32.3 Å². The smallest absolute Gasteiger partial charge is 0.243 e. The highest BCUT2D eigenvalue weighted by atomic mass is 16.2. The summed E-state index contributed by atoms with van der Waals surface area (Å²) in [4.78, 5) is 36.8. The summed E-state index contributed by atoms with van der Waals surface area (Å²) in [7, 11) is 0. The highest BCUT2D eigenvalue weighted by Crippen LogP contribution is 2.01. The first kappa shape index (κ1) is 24.1. The fourth-order valence-corrected chi connectivity index (χ4v) is 1.48. The van der Waals surface area contributed by atoms with Crippen LogP contribution < -0.4 is 16.4 Å². The number of amides is 2. The van der Waals surface area contributed by atoms with Crippen molar-refractivity contribution in [1.29, 1.82) is 0 Å². The van der Waals surface area contributed by atoms with Gasteiger partial charge in [0.25, 0.3) is 0 Å². The van der Waals surface area contributed by atoms with E-state index in [-0.39, 0.29) is 17.6 Å². The lowest BCUT2D eigenvalue weighted by Gasteiger charge is -2.21. The summed E-state index contributed by atoms with van der Waals surface area (Å²) >= 11 is 0. The summed E-state index contributed by atoms with van der Waals surface area (Å²) in [6.45, 7) is 13.1. The largest absolute Gasteiger partial charge is 0.384 e. The Bertz CT molecular complexity index is 434. The van der Waals surface area contributed by atoms with Crippen molar-refractivity contribution in [3.05, 3.63) is 12.7 Å². The Kier molecular flexibility index (Phi) is 14.5. The molecule has 2 amide bonds. The van der Waals surface area contributed by atoms with Crippen LogP contribution in [0.25, 0.3) is 0 Å². The number of Topliss-reactive ketones (excluding diaryl/α,β-unsaturated/α-hetero) is 1. The molecule has 0 aliphatic carbocycles. The predicted octanol–water partition coefficient (Wildman–Crippen LogP) is 1.18. The number of rotatable bonds is 10. The summed E-state index contributed by atoms with van der Waals surface area (Å²) in [5.74, 6) is 0.0783. The zero-order chi connectivity index (χ0) is 19.1. The molecule has 7 nitrogen and oxygen atoms in total. The molecule has 0 aromatic heterocycles. The van der Waals surface area contributed by atoms with Crippen LogP contribution in [-0.4, -0.2) is 42.6 Å². The van der Waals surface area contributed by atoms with Crippen LogP contribution in [0.4, 0.5) is 0 Å². The lowest BCUT2D eigenvalue weighted by atomic mass is 10.0. The van der Waals surface area contributed by atoms with Gasteiger partial charge < -0.3 is 16.4 Å². The summed E-state index contributed by atoms with van der Waals surface area (Å²) in [6.07, 6.45) is 4.32. The van der Waals surface area contributed by atoms with Gasteiger partial charge in [0.15, 0.2) is 5.78 Å². The molecule has 138 valence electrons. The number of nitrogens with zero attached hydrogens (tertiary/aromatic N) is 1. The average Bonchev–Trinajstić information content (AvgIpc) is 2.52. The van der Waals surface area contributed by atoms with Crippen molar-refractivity contribution in [2.45, 2.75) is 59.5 Å². The molecule has 0 aliphatic heterocycles. The number of unbranched alkanes of at least 4 members (excludes halogenated alkanes) is 1. The van der Waals surface area contributed by atoms with E-state index in [1.165, 1.54) is 6.92 Å². The Hall–Kier alpha value is -2.18. The van der Waals surface area contributed by atoms with Gasteiger partial charge in [-0.25, -0.2) is 0 Å². The molecule has 0 saturated carbocycles. The number of ketones is 1. The molecule has 4 N–H and O–H groups in total. The summed E-state index contributed by atoms with van der Waals surface area (Å²) in [5, 5.41) is 4.96. The van der Waals surface area contributed by atoms with Gasteiger partial charge in [-0.1, -0.05) is 33.8 Å². The molecule has 24 heavy (non-hydrogen) atoms. The molecule has 2 atom stereocenters. The Balaban J connectivity index is 0. The van der Waals surface area contributed by atoms with Gasteiger partial charge in [0.1, 0.15) is 11.9 Å². The second-order valence-corrected chi connectivity index (χ2v) is 5.71. The maximum atomic E-state index is 11.6. The number of nitrogens with two attached hydrogens (primary N) is 1. The molecule has 0 bridgehead atoms. The van der Waals surface area contributed by atoms with Gasteiger partial charge >= 0.3 is 0 Å². The first-order valence-corrected chi connectivity index (χ1v) is 8.14. The van der Waals surface area contributed by atoms with Crippen LogP contribution in [0, 0.1) is 5.92 Å². The van der Waals surface area contributed by atoms with Crippen molar-refractivity contribution in [1.82, 2.24) is 10.6 Å². The van der Waals surface area contributed by atoms with Gasteiger partial charge in [0.05, 0.1) is 6.04 Å². The van der Waals surface area contributed by atoms with Crippen molar-refractivity contribution in [3.63, 3.8) is 0 Å². The van der Waals surface area contributed by atoms with Gasteiger partial charge in [-0.2, -0.15) is 0 Å². The molecular formula is C17H32N4O3. The van der Waals surface area contributed by atoms with Gasteiger partial charge in [-0.3, -0.25) is 19.4 Å². The van der Waals surface area contributed by atoms with Crippen LogP contribution in [0.1, 0.15) is 47.5 Å². The minimum Gasteiger partial charge on any atom is -0.384 e. The molecule has 0 saturated heterocycles. The van der Waals surface area contributed by atoms with E-state index >= 15 is 0 Å². The number of nitrogens with one attached hydrogen (secondary N) is 2. The quantitative estimate of drug-likeness (QED) is 0.240. The van der Waals surface area contributed by atoms with E-state index in [1.54, 1.807) is 13.0 Å². The monoisotopic (exact) mass is 340 g/mol. The highest BCUT2D eigenvalue weighted by Gasteiger charge is 2.23. The Morgan fingerprint density at radius 1 is 1.29 bits per heavy atom. The second kappa shape index (κ2) is 14.4. The van der Waals surface area contributed by atoms with Crippen LogP contribution in [0.15, 0.2) is 17.6 Å². The fourth-order valence-electron chi connectivity index (χ4n) is 1.48. The minimum atomic E-state index is -0.593. The number of hydrogen-bond donors (Lipinski definition) is 3. The molecule has 1 unspecified atom stereocenters. The standard InChI is InChI=1S/C10H18N2O3.C7H14N2/c1-6(2)9(11-5-13)10(15)12-7(3)8(4)14;1-3-5-6-9-7(8)4-2/h5-7,9H,1-4H3,(H,11,13)(H,12,15);4H,2-3,5-6H2,1H3,(H2,8,9)/t7-,9?;/m0./s1. The van der Waals surface area contributed by atoms with Crippen molar-refractivity contribution in [2.75, 3.05) is 6.54 Å². The van der Waals surface area contributed by atoms with E-state index in [0.717, 1.165) is 19.4 Å². The highest BCUT2D eigenvalue weighted by molar-refractivity contribution is 5.91. The number of carbonyl (C=O) groups is 3. The SMILES string of the molecule is C=CC(N)=NCCCC.CC(=O)[C@H](C)NC(=O)C(NC=O)C(C)C. The van der Waals surface area contributed by atoms with Gasteiger partial charge in [-0.15, -0.1) is 0 Å². The number of amidine groups is 1. The molecule has 7 heteroatoms. The van der Waals surface area contributed by atoms with Crippen LogP contribution in [0.3, 0.4) is 0 Å². The maximum absolute atomic E-state index is 11.6. The maximum Gasteiger partial charge on any atom is 0.243 e. The lowest BCUT2D eigenvalue weighted by Crippen LogP contribution is -2.50. The first-order valence-electron chi connectivity index (χ1n) is 8.14. The lowest BCUT2D eigenvalue weighted by molar-refractivity contribution is -0.129. The zero-order valence-corrected chi connectivity index (χ0v) is 15.5. The summed E-state index contributed by atoms with van der Waals surface area (Å²) in [6, 6.07) is -1.11. The van der Waals surface area contributed by atoms with E-state index in [2.05, 4.69) is 29.1 Å². The first-order chi connectivity index (χ1) is 11.2. The fraction of sp³-hybridized carbons (Fsp3) is 0.647. The van der Waals surface area contributed by atoms with Crippen molar-refractivity contribution >= 4 is 23.9 Å². The molecule has 0 spiro atoms. The van der Waals surface area contributed by atoms with Crippen LogP contribution >= 0.6 is 0 Å². The van der Waals surface area contributed by atoms with E-state index in [9.17, 15) is 14.4 Å². The predicted molar refractivity (Wildman–Crippen MR) is 97.7 cm³/mol.